The van der Waals surface area contributed by atoms with Crippen LogP contribution in [0.4, 0.5) is 4.39 Å². The van der Waals surface area contributed by atoms with E-state index in [-0.39, 0.29) is 5.82 Å². The summed E-state index contributed by atoms with van der Waals surface area (Å²) in [7, 11) is 0. The molecule has 0 saturated carbocycles. The molecule has 0 bridgehead atoms. The lowest BCUT2D eigenvalue weighted by molar-refractivity contribution is 0.0384. The molecule has 0 aliphatic heterocycles. The molecule has 3 heteroatoms. The number of rotatable bonds is 4. The van der Waals surface area contributed by atoms with Crippen molar-refractivity contribution in [2.24, 2.45) is 0 Å². The van der Waals surface area contributed by atoms with E-state index in [2.05, 4.69) is 11.4 Å². The quantitative estimate of drug-likeness (QED) is 0.896. The van der Waals surface area contributed by atoms with E-state index < -0.39 is 5.60 Å². The molecule has 1 unspecified atom stereocenters. The van der Waals surface area contributed by atoms with Crippen molar-refractivity contribution in [2.45, 2.75) is 25.0 Å². The summed E-state index contributed by atoms with van der Waals surface area (Å²) in [5, 5.41) is 14.0. The number of aryl methyl sites for hydroxylation is 1. The fourth-order valence-electron chi connectivity index (χ4n) is 2.87. The molecule has 0 fully saturated rings. The van der Waals surface area contributed by atoms with Crippen molar-refractivity contribution in [1.29, 1.82) is 0 Å². The Kier molecular flexibility index (Phi) is 3.55. The van der Waals surface area contributed by atoms with Gasteiger partial charge in [-0.2, -0.15) is 0 Å². The zero-order valence-corrected chi connectivity index (χ0v) is 11.3. The molecule has 0 heterocycles. The van der Waals surface area contributed by atoms with Crippen molar-refractivity contribution in [3.8, 4) is 0 Å². The minimum Gasteiger partial charge on any atom is -0.384 e. The number of halogens is 1. The molecule has 2 N–H and O–H groups in total. The van der Waals surface area contributed by atoms with Crippen LogP contribution in [0.1, 0.15) is 23.1 Å². The molecule has 2 aromatic carbocycles. The molecule has 0 aromatic heterocycles. The summed E-state index contributed by atoms with van der Waals surface area (Å²) in [6.45, 7) is 1.14. The van der Waals surface area contributed by atoms with E-state index in [0.717, 1.165) is 24.0 Å². The fourth-order valence-corrected chi connectivity index (χ4v) is 2.87. The maximum absolute atomic E-state index is 12.8. The lowest BCUT2D eigenvalue weighted by Gasteiger charge is -2.24. The molecule has 0 saturated heterocycles. The fraction of sp³-hybridized carbons (Fsp3) is 0.294. The molecule has 2 nitrogen and oxygen atoms in total. The Hall–Kier alpha value is -1.71. The summed E-state index contributed by atoms with van der Waals surface area (Å²) in [6.07, 6.45) is 1.67. The van der Waals surface area contributed by atoms with Gasteiger partial charge in [-0.3, -0.25) is 0 Å². The summed E-state index contributed by atoms with van der Waals surface area (Å²) < 4.78 is 12.8. The minimum absolute atomic E-state index is 0.225. The van der Waals surface area contributed by atoms with Crippen LogP contribution in [0.2, 0.25) is 0 Å². The van der Waals surface area contributed by atoms with Crippen LogP contribution in [0.5, 0.6) is 0 Å². The Labute approximate surface area is 118 Å². The van der Waals surface area contributed by atoms with Gasteiger partial charge in [-0.25, -0.2) is 4.39 Å². The number of benzene rings is 2. The Morgan fingerprint density at radius 2 is 1.85 bits per heavy atom. The summed E-state index contributed by atoms with van der Waals surface area (Å²) in [5.41, 5.74) is 2.50. The predicted octanol–water partition coefficient (Wildman–Crippen LogP) is 2.75. The molecule has 1 aliphatic carbocycles. The van der Waals surface area contributed by atoms with E-state index in [0.29, 0.717) is 13.1 Å². The van der Waals surface area contributed by atoms with Crippen molar-refractivity contribution in [3.05, 3.63) is 71.0 Å². The van der Waals surface area contributed by atoms with Gasteiger partial charge in [0, 0.05) is 13.1 Å². The van der Waals surface area contributed by atoms with Gasteiger partial charge in [0.05, 0.1) is 0 Å². The number of hydrogen-bond donors (Lipinski definition) is 2. The first kappa shape index (κ1) is 13.3. The number of fused-ring (bicyclic) bond motifs is 1. The van der Waals surface area contributed by atoms with Crippen LogP contribution < -0.4 is 5.32 Å². The first-order valence-electron chi connectivity index (χ1n) is 6.93. The van der Waals surface area contributed by atoms with E-state index in [1.807, 2.05) is 18.2 Å². The molecule has 0 radical (unpaired) electrons. The van der Waals surface area contributed by atoms with E-state index in [4.69, 9.17) is 0 Å². The molecule has 1 atom stereocenters. The summed E-state index contributed by atoms with van der Waals surface area (Å²) >= 11 is 0. The topological polar surface area (TPSA) is 32.3 Å². The van der Waals surface area contributed by atoms with Gasteiger partial charge in [-0.15, -0.1) is 0 Å². The van der Waals surface area contributed by atoms with Gasteiger partial charge >= 0.3 is 0 Å². The van der Waals surface area contributed by atoms with E-state index in [9.17, 15) is 9.50 Å². The first-order chi connectivity index (χ1) is 9.67. The smallest absolute Gasteiger partial charge is 0.123 e. The highest BCUT2D eigenvalue weighted by Crippen LogP contribution is 2.36. The average Bonchev–Trinajstić information content (AvgIpc) is 2.80. The van der Waals surface area contributed by atoms with Gasteiger partial charge in [0.1, 0.15) is 11.4 Å². The number of aliphatic hydroxyl groups is 1. The second kappa shape index (κ2) is 5.35. The second-order valence-electron chi connectivity index (χ2n) is 5.42. The van der Waals surface area contributed by atoms with Gasteiger partial charge in [-0.1, -0.05) is 36.4 Å². The van der Waals surface area contributed by atoms with Crippen molar-refractivity contribution in [1.82, 2.24) is 5.32 Å². The molecule has 0 spiro atoms. The van der Waals surface area contributed by atoms with E-state index in [1.165, 1.54) is 17.7 Å². The highest BCUT2D eigenvalue weighted by atomic mass is 19.1. The molecular weight excluding hydrogens is 253 g/mol. The van der Waals surface area contributed by atoms with Crippen LogP contribution in [0.15, 0.2) is 48.5 Å². The summed E-state index contributed by atoms with van der Waals surface area (Å²) in [6, 6.07) is 14.5. The van der Waals surface area contributed by atoms with Crippen LogP contribution in [0, 0.1) is 5.82 Å². The minimum atomic E-state index is -0.781. The van der Waals surface area contributed by atoms with Crippen molar-refractivity contribution >= 4 is 0 Å². The molecule has 0 amide bonds. The highest BCUT2D eigenvalue weighted by Gasteiger charge is 2.35. The molecule has 1 aliphatic rings. The normalized spacial score (nSPS) is 20.9. The van der Waals surface area contributed by atoms with Gasteiger partial charge in [0.2, 0.25) is 0 Å². The largest absolute Gasteiger partial charge is 0.384 e. The Balaban J connectivity index is 1.63. The van der Waals surface area contributed by atoms with Crippen LogP contribution in [-0.2, 0) is 18.6 Å². The monoisotopic (exact) mass is 271 g/mol. The van der Waals surface area contributed by atoms with E-state index in [1.54, 1.807) is 12.1 Å². The lowest BCUT2D eigenvalue weighted by atomic mass is 9.96. The Morgan fingerprint density at radius 3 is 2.65 bits per heavy atom. The van der Waals surface area contributed by atoms with Crippen LogP contribution in [-0.4, -0.2) is 11.7 Å². The maximum atomic E-state index is 12.8. The number of hydrogen-bond acceptors (Lipinski definition) is 2. The molecule has 104 valence electrons. The highest BCUT2D eigenvalue weighted by molar-refractivity contribution is 5.37. The van der Waals surface area contributed by atoms with Gasteiger partial charge in [0.15, 0.2) is 0 Å². The number of nitrogens with one attached hydrogen (secondary N) is 1. The van der Waals surface area contributed by atoms with Crippen molar-refractivity contribution < 1.29 is 9.50 Å². The summed E-state index contributed by atoms with van der Waals surface area (Å²) in [5.74, 6) is -0.225. The molecule has 20 heavy (non-hydrogen) atoms. The van der Waals surface area contributed by atoms with E-state index >= 15 is 0 Å². The molecule has 3 rings (SSSR count). The maximum Gasteiger partial charge on any atom is 0.123 e. The zero-order valence-electron chi connectivity index (χ0n) is 11.3. The standard InChI is InChI=1S/C17H18FNO/c18-15-7-5-13(6-8-15)11-19-12-17(20)10-9-14-3-1-2-4-16(14)17/h1-8,19-20H,9-12H2. The van der Waals surface area contributed by atoms with Crippen LogP contribution in [0.25, 0.3) is 0 Å². The van der Waals surface area contributed by atoms with Gasteiger partial charge in [-0.05, 0) is 41.7 Å². The Bertz CT molecular complexity index is 596. The van der Waals surface area contributed by atoms with Crippen LogP contribution in [0.3, 0.4) is 0 Å². The Morgan fingerprint density at radius 1 is 1.10 bits per heavy atom. The second-order valence-corrected chi connectivity index (χ2v) is 5.42. The molecular formula is C17H18FNO. The van der Waals surface area contributed by atoms with Gasteiger partial charge < -0.3 is 10.4 Å². The lowest BCUT2D eigenvalue weighted by Crippen LogP contribution is -2.35. The zero-order chi connectivity index (χ0) is 14.0. The van der Waals surface area contributed by atoms with Crippen molar-refractivity contribution in [3.63, 3.8) is 0 Å². The summed E-state index contributed by atoms with van der Waals surface area (Å²) in [4.78, 5) is 0. The van der Waals surface area contributed by atoms with Crippen LogP contribution >= 0.6 is 0 Å². The third kappa shape index (κ3) is 2.60. The third-order valence-corrected chi connectivity index (χ3v) is 3.99. The SMILES string of the molecule is OC1(CNCc2ccc(F)cc2)CCc2ccccc21. The first-order valence-corrected chi connectivity index (χ1v) is 6.93. The van der Waals surface area contributed by atoms with Gasteiger partial charge in [0.25, 0.3) is 0 Å². The molecule has 2 aromatic rings. The predicted molar refractivity (Wildman–Crippen MR) is 76.8 cm³/mol. The van der Waals surface area contributed by atoms with Crippen molar-refractivity contribution in [2.75, 3.05) is 6.54 Å². The average molecular weight is 271 g/mol. The third-order valence-electron chi connectivity index (χ3n) is 3.99.